The van der Waals surface area contributed by atoms with Crippen LogP contribution < -0.4 is 10.2 Å². The van der Waals surface area contributed by atoms with Gasteiger partial charge in [0.25, 0.3) is 0 Å². The fourth-order valence-corrected chi connectivity index (χ4v) is 3.68. The summed E-state index contributed by atoms with van der Waals surface area (Å²) in [4.78, 5) is 32.3. The van der Waals surface area contributed by atoms with Gasteiger partial charge in [-0.1, -0.05) is 30.3 Å². The van der Waals surface area contributed by atoms with E-state index in [2.05, 4.69) is 10.3 Å². The first-order valence-electron chi connectivity index (χ1n) is 9.36. The Morgan fingerprint density at radius 2 is 1.86 bits per heavy atom. The van der Waals surface area contributed by atoms with E-state index >= 15 is 0 Å². The van der Waals surface area contributed by atoms with Crippen LogP contribution in [0.15, 0.2) is 77.4 Å². The van der Waals surface area contributed by atoms with Crippen molar-refractivity contribution in [2.75, 3.05) is 10.2 Å². The number of para-hydroxylation sites is 3. The Hall–Kier alpha value is -3.87. The molecule has 0 saturated heterocycles. The van der Waals surface area contributed by atoms with Gasteiger partial charge in [0, 0.05) is 5.69 Å². The average molecular weight is 386 g/mol. The predicted octanol–water partition coefficient (Wildman–Crippen LogP) is 3.75. The van der Waals surface area contributed by atoms with Crippen LogP contribution in [0.4, 0.5) is 11.6 Å². The normalized spacial score (nSPS) is 16.1. The van der Waals surface area contributed by atoms with Gasteiger partial charge in [0.05, 0.1) is 30.3 Å². The van der Waals surface area contributed by atoms with Gasteiger partial charge in [-0.3, -0.25) is 19.1 Å². The summed E-state index contributed by atoms with van der Waals surface area (Å²) in [5.74, 6) is 0.695. The van der Waals surface area contributed by atoms with Crippen molar-refractivity contribution in [2.24, 2.45) is 0 Å². The molecule has 7 heteroatoms. The van der Waals surface area contributed by atoms with E-state index in [4.69, 9.17) is 4.42 Å². The zero-order valence-corrected chi connectivity index (χ0v) is 15.5. The molecule has 0 spiro atoms. The second-order valence-corrected chi connectivity index (χ2v) is 6.90. The molecule has 1 atom stereocenters. The van der Waals surface area contributed by atoms with Crippen LogP contribution in [0, 0.1) is 0 Å². The molecule has 3 heterocycles. The lowest BCUT2D eigenvalue weighted by Crippen LogP contribution is -2.42. The van der Waals surface area contributed by atoms with Gasteiger partial charge in [-0.15, -0.1) is 0 Å². The van der Waals surface area contributed by atoms with Crippen LogP contribution in [0.2, 0.25) is 0 Å². The van der Waals surface area contributed by atoms with Crippen molar-refractivity contribution in [1.82, 2.24) is 9.55 Å². The van der Waals surface area contributed by atoms with Crippen molar-refractivity contribution in [2.45, 2.75) is 19.0 Å². The number of anilines is 2. The average Bonchev–Trinajstić information content (AvgIpc) is 3.38. The smallest absolute Gasteiger partial charge is 0.248 e. The number of rotatable bonds is 4. The number of hydrogen-bond donors (Lipinski definition) is 1. The number of nitrogens with one attached hydrogen (secondary N) is 1. The molecule has 29 heavy (non-hydrogen) atoms. The molecule has 0 bridgehead atoms. The third-order valence-electron chi connectivity index (χ3n) is 5.04. The molecule has 7 nitrogen and oxygen atoms in total. The topological polar surface area (TPSA) is 80.4 Å². The van der Waals surface area contributed by atoms with Crippen molar-refractivity contribution >= 4 is 34.5 Å². The summed E-state index contributed by atoms with van der Waals surface area (Å²) >= 11 is 0. The second kappa shape index (κ2) is 6.94. The number of benzene rings is 2. The Morgan fingerprint density at radius 3 is 2.66 bits per heavy atom. The van der Waals surface area contributed by atoms with Crippen LogP contribution >= 0.6 is 0 Å². The van der Waals surface area contributed by atoms with Gasteiger partial charge in [0.1, 0.15) is 11.8 Å². The highest BCUT2D eigenvalue weighted by molar-refractivity contribution is 6.03. The van der Waals surface area contributed by atoms with Gasteiger partial charge in [-0.05, 0) is 36.4 Å². The monoisotopic (exact) mass is 386 g/mol. The number of carbonyl (C=O) groups is 2. The van der Waals surface area contributed by atoms with Crippen molar-refractivity contribution in [3.63, 3.8) is 0 Å². The number of nitrogens with zero attached hydrogens (tertiary/aromatic N) is 3. The van der Waals surface area contributed by atoms with E-state index in [-0.39, 0.29) is 24.8 Å². The Kier molecular flexibility index (Phi) is 4.13. The quantitative estimate of drug-likeness (QED) is 0.579. The van der Waals surface area contributed by atoms with Crippen LogP contribution in [-0.2, 0) is 16.1 Å². The minimum absolute atomic E-state index is 0.0483. The molecule has 2 aromatic heterocycles. The maximum atomic E-state index is 13.1. The minimum Gasteiger partial charge on any atom is -0.467 e. The molecule has 1 N–H and O–H groups in total. The van der Waals surface area contributed by atoms with Gasteiger partial charge in [0.15, 0.2) is 0 Å². The number of fused-ring (bicyclic) bond motifs is 3. The molecule has 144 valence electrons. The lowest BCUT2D eigenvalue weighted by Gasteiger charge is -2.32. The maximum absolute atomic E-state index is 13.1. The highest BCUT2D eigenvalue weighted by atomic mass is 16.3. The lowest BCUT2D eigenvalue weighted by molar-refractivity contribution is -0.126. The molecule has 0 radical (unpaired) electrons. The van der Waals surface area contributed by atoms with Gasteiger partial charge in [-0.25, -0.2) is 4.98 Å². The summed E-state index contributed by atoms with van der Waals surface area (Å²) in [5.41, 5.74) is 2.24. The Balaban J connectivity index is 1.57. The van der Waals surface area contributed by atoms with Gasteiger partial charge < -0.3 is 9.73 Å². The van der Waals surface area contributed by atoms with Crippen LogP contribution in [0.3, 0.4) is 0 Å². The zero-order chi connectivity index (χ0) is 19.8. The standard InChI is InChI=1S/C22H18N4O3/c27-20-13-19(21(28)23-15-7-2-1-3-8-15)26-18-11-5-4-10-17(18)24-22(26)25(20)14-16-9-6-12-29-16/h1-12,19H,13-14H2,(H,23,28)/t19-/m0/s1. The van der Waals surface area contributed by atoms with Crippen molar-refractivity contribution in [1.29, 1.82) is 0 Å². The number of imidazole rings is 1. The van der Waals surface area contributed by atoms with Crippen LogP contribution in [-0.4, -0.2) is 21.4 Å². The number of hydrogen-bond acceptors (Lipinski definition) is 4. The van der Waals surface area contributed by atoms with Crippen molar-refractivity contribution < 1.29 is 14.0 Å². The maximum Gasteiger partial charge on any atom is 0.248 e. The third kappa shape index (κ3) is 3.06. The molecule has 1 aliphatic heterocycles. The van der Waals surface area contributed by atoms with Gasteiger partial charge in [0.2, 0.25) is 17.8 Å². The van der Waals surface area contributed by atoms with E-state index in [0.29, 0.717) is 17.4 Å². The summed E-state index contributed by atoms with van der Waals surface area (Å²) in [5, 5.41) is 2.91. The summed E-state index contributed by atoms with van der Waals surface area (Å²) < 4.78 is 7.26. The summed E-state index contributed by atoms with van der Waals surface area (Å²) in [6.45, 7) is 0.266. The first kappa shape index (κ1) is 17.2. The van der Waals surface area contributed by atoms with E-state index in [1.807, 2.05) is 65.2 Å². The second-order valence-electron chi connectivity index (χ2n) is 6.90. The van der Waals surface area contributed by atoms with E-state index in [1.54, 1.807) is 17.2 Å². The predicted molar refractivity (Wildman–Crippen MR) is 108 cm³/mol. The first-order chi connectivity index (χ1) is 14.2. The largest absolute Gasteiger partial charge is 0.467 e. The number of carbonyl (C=O) groups excluding carboxylic acids is 2. The van der Waals surface area contributed by atoms with Gasteiger partial charge >= 0.3 is 0 Å². The highest BCUT2D eigenvalue weighted by Crippen LogP contribution is 2.35. The zero-order valence-electron chi connectivity index (χ0n) is 15.5. The van der Waals surface area contributed by atoms with E-state index in [1.165, 1.54) is 0 Å². The summed E-state index contributed by atoms with van der Waals surface area (Å²) in [6, 6.07) is 19.7. The highest BCUT2D eigenvalue weighted by Gasteiger charge is 2.38. The SMILES string of the molecule is O=C(Nc1ccccc1)[C@@H]1CC(=O)N(Cc2ccco2)c2nc3ccccc3n21. The molecule has 4 aromatic rings. The molecule has 1 aliphatic rings. The minimum atomic E-state index is -0.682. The summed E-state index contributed by atoms with van der Waals surface area (Å²) in [6.07, 6.45) is 1.62. The third-order valence-corrected chi connectivity index (χ3v) is 5.04. The number of furan rings is 1. The van der Waals surface area contributed by atoms with Crippen LogP contribution in [0.5, 0.6) is 0 Å². The molecular formula is C22H18N4O3. The molecule has 5 rings (SSSR count). The Bertz CT molecular complexity index is 1180. The number of aromatic nitrogens is 2. The van der Waals surface area contributed by atoms with Crippen LogP contribution in [0.25, 0.3) is 11.0 Å². The van der Waals surface area contributed by atoms with Crippen molar-refractivity contribution in [3.8, 4) is 0 Å². The number of amides is 2. The first-order valence-corrected chi connectivity index (χ1v) is 9.36. The van der Waals surface area contributed by atoms with Gasteiger partial charge in [-0.2, -0.15) is 0 Å². The summed E-state index contributed by atoms with van der Waals surface area (Å²) in [7, 11) is 0. The Labute approximate surface area is 166 Å². The molecule has 0 unspecified atom stereocenters. The van der Waals surface area contributed by atoms with Crippen molar-refractivity contribution in [3.05, 3.63) is 78.8 Å². The molecule has 0 saturated carbocycles. The van der Waals surface area contributed by atoms with E-state index in [0.717, 1.165) is 11.0 Å². The van der Waals surface area contributed by atoms with E-state index < -0.39 is 6.04 Å². The molecule has 2 amide bonds. The lowest BCUT2D eigenvalue weighted by atomic mass is 10.1. The Morgan fingerprint density at radius 1 is 1.07 bits per heavy atom. The van der Waals surface area contributed by atoms with Crippen LogP contribution in [0.1, 0.15) is 18.2 Å². The molecule has 2 aromatic carbocycles. The molecule has 0 aliphatic carbocycles. The fourth-order valence-electron chi connectivity index (χ4n) is 3.68. The molecular weight excluding hydrogens is 368 g/mol. The van der Waals surface area contributed by atoms with E-state index in [9.17, 15) is 9.59 Å². The molecule has 0 fully saturated rings. The fraction of sp³-hybridized carbons (Fsp3) is 0.136.